The highest BCUT2D eigenvalue weighted by atomic mass is 15.3. The Balaban J connectivity index is 2.92. The first-order valence-corrected chi connectivity index (χ1v) is 3.11. The van der Waals surface area contributed by atoms with Gasteiger partial charge < -0.3 is 5.73 Å². The summed E-state index contributed by atoms with van der Waals surface area (Å²) in [6.07, 6.45) is 3.41. The van der Waals surface area contributed by atoms with Gasteiger partial charge in [-0.2, -0.15) is 5.10 Å². The molecule has 1 unspecified atom stereocenters. The third kappa shape index (κ3) is 1.09. The van der Waals surface area contributed by atoms with Gasteiger partial charge in [0.15, 0.2) is 0 Å². The summed E-state index contributed by atoms with van der Waals surface area (Å²) in [7, 11) is 1.86. The number of nitrogens with zero attached hydrogens (tertiary/aromatic N) is 2. The summed E-state index contributed by atoms with van der Waals surface area (Å²) in [5, 5.41) is 3.97. The van der Waals surface area contributed by atoms with E-state index in [1.165, 1.54) is 0 Å². The molecule has 0 saturated heterocycles. The van der Waals surface area contributed by atoms with Gasteiger partial charge in [0.25, 0.3) is 0 Å². The van der Waals surface area contributed by atoms with Crippen LogP contribution >= 0.6 is 0 Å². The number of aromatic nitrogens is 2. The van der Waals surface area contributed by atoms with Crippen LogP contribution in [0, 0.1) is 0 Å². The minimum Gasteiger partial charge on any atom is -0.320 e. The number of hydrogen-bond donors (Lipinski definition) is 1. The predicted octanol–water partition coefficient (Wildman–Crippen LogP) is 0.606. The van der Waals surface area contributed by atoms with Crippen molar-refractivity contribution in [1.82, 2.24) is 9.78 Å². The van der Waals surface area contributed by atoms with E-state index in [1.807, 2.05) is 13.1 Å². The van der Waals surface area contributed by atoms with Crippen LogP contribution in [-0.2, 0) is 7.05 Å². The molecule has 3 heteroatoms. The standard InChI is InChI=1S/C7H11N3/c1-3-6(8)7-4-5-9-10(7)2/h3-6H,1,8H2,2H3. The van der Waals surface area contributed by atoms with Crippen LogP contribution in [0.1, 0.15) is 11.7 Å². The molecule has 0 fully saturated rings. The molecule has 3 nitrogen and oxygen atoms in total. The molecular weight excluding hydrogens is 126 g/mol. The van der Waals surface area contributed by atoms with E-state index in [0.717, 1.165) is 5.69 Å². The molecule has 0 saturated carbocycles. The molecule has 1 aromatic rings. The molecule has 0 spiro atoms. The summed E-state index contributed by atoms with van der Waals surface area (Å²) < 4.78 is 1.74. The van der Waals surface area contributed by atoms with Gasteiger partial charge in [-0.05, 0) is 6.07 Å². The minimum absolute atomic E-state index is 0.104. The first-order valence-electron chi connectivity index (χ1n) is 3.11. The molecule has 0 amide bonds. The summed E-state index contributed by atoms with van der Waals surface area (Å²) >= 11 is 0. The second-order valence-corrected chi connectivity index (χ2v) is 2.14. The normalized spacial score (nSPS) is 13.0. The van der Waals surface area contributed by atoms with E-state index in [4.69, 9.17) is 5.73 Å². The van der Waals surface area contributed by atoms with Gasteiger partial charge in [0.2, 0.25) is 0 Å². The monoisotopic (exact) mass is 137 g/mol. The highest BCUT2D eigenvalue weighted by Crippen LogP contribution is 2.07. The maximum Gasteiger partial charge on any atom is 0.0650 e. The van der Waals surface area contributed by atoms with Crippen molar-refractivity contribution in [3.63, 3.8) is 0 Å². The van der Waals surface area contributed by atoms with Gasteiger partial charge in [-0.1, -0.05) is 6.08 Å². The van der Waals surface area contributed by atoms with E-state index in [0.29, 0.717) is 0 Å². The van der Waals surface area contributed by atoms with E-state index in [2.05, 4.69) is 11.7 Å². The third-order valence-corrected chi connectivity index (χ3v) is 1.45. The second kappa shape index (κ2) is 2.66. The average molecular weight is 137 g/mol. The van der Waals surface area contributed by atoms with Gasteiger partial charge in [-0.25, -0.2) is 0 Å². The van der Waals surface area contributed by atoms with Crippen LogP contribution in [0.3, 0.4) is 0 Å². The Kier molecular flexibility index (Phi) is 1.87. The lowest BCUT2D eigenvalue weighted by molar-refractivity contribution is 0.683. The van der Waals surface area contributed by atoms with Crippen LogP contribution in [0.15, 0.2) is 24.9 Å². The zero-order valence-corrected chi connectivity index (χ0v) is 5.99. The fourth-order valence-corrected chi connectivity index (χ4v) is 0.832. The Hall–Kier alpha value is -1.09. The molecule has 2 N–H and O–H groups in total. The van der Waals surface area contributed by atoms with Gasteiger partial charge in [-0.15, -0.1) is 6.58 Å². The van der Waals surface area contributed by atoms with Crippen LogP contribution in [0.5, 0.6) is 0 Å². The van der Waals surface area contributed by atoms with Gasteiger partial charge in [0.05, 0.1) is 11.7 Å². The molecule has 1 aromatic heterocycles. The molecule has 0 aromatic carbocycles. The molecule has 1 atom stereocenters. The zero-order valence-electron chi connectivity index (χ0n) is 5.99. The van der Waals surface area contributed by atoms with Crippen LogP contribution in [0.4, 0.5) is 0 Å². The lowest BCUT2D eigenvalue weighted by atomic mass is 10.2. The van der Waals surface area contributed by atoms with E-state index in [1.54, 1.807) is 17.0 Å². The van der Waals surface area contributed by atoms with Crippen LogP contribution in [0.25, 0.3) is 0 Å². The quantitative estimate of drug-likeness (QED) is 0.607. The van der Waals surface area contributed by atoms with Crippen molar-refractivity contribution in [2.45, 2.75) is 6.04 Å². The molecule has 0 aliphatic heterocycles. The molecule has 0 radical (unpaired) electrons. The SMILES string of the molecule is C=CC(N)c1ccnn1C. The Bertz CT molecular complexity index is 227. The first-order chi connectivity index (χ1) is 4.75. The Morgan fingerprint density at radius 2 is 2.60 bits per heavy atom. The van der Waals surface area contributed by atoms with Crippen LogP contribution in [0.2, 0.25) is 0 Å². The lowest BCUT2D eigenvalue weighted by Crippen LogP contribution is -2.11. The summed E-state index contributed by atoms with van der Waals surface area (Å²) in [5.41, 5.74) is 6.64. The molecule has 0 aliphatic rings. The van der Waals surface area contributed by atoms with Crippen molar-refractivity contribution in [3.8, 4) is 0 Å². The zero-order chi connectivity index (χ0) is 7.56. The Labute approximate surface area is 60.1 Å². The largest absolute Gasteiger partial charge is 0.320 e. The molecule has 54 valence electrons. The third-order valence-electron chi connectivity index (χ3n) is 1.45. The molecule has 0 aliphatic carbocycles. The van der Waals surface area contributed by atoms with Crippen molar-refractivity contribution in [2.75, 3.05) is 0 Å². The molecule has 10 heavy (non-hydrogen) atoms. The maximum atomic E-state index is 5.66. The number of hydrogen-bond acceptors (Lipinski definition) is 2. The average Bonchev–Trinajstić information content (AvgIpc) is 2.34. The minimum atomic E-state index is -0.104. The summed E-state index contributed by atoms with van der Waals surface area (Å²) in [6, 6.07) is 1.78. The van der Waals surface area contributed by atoms with Crippen molar-refractivity contribution in [2.24, 2.45) is 12.8 Å². The number of rotatable bonds is 2. The van der Waals surface area contributed by atoms with Crippen LogP contribution < -0.4 is 5.73 Å². The topological polar surface area (TPSA) is 43.8 Å². The highest BCUT2D eigenvalue weighted by molar-refractivity contribution is 5.10. The van der Waals surface area contributed by atoms with Crippen molar-refractivity contribution < 1.29 is 0 Å². The van der Waals surface area contributed by atoms with E-state index in [-0.39, 0.29) is 6.04 Å². The first kappa shape index (κ1) is 7.02. The maximum absolute atomic E-state index is 5.66. The Morgan fingerprint density at radius 1 is 1.90 bits per heavy atom. The molecule has 0 bridgehead atoms. The van der Waals surface area contributed by atoms with Crippen molar-refractivity contribution in [3.05, 3.63) is 30.6 Å². The number of aryl methyl sites for hydroxylation is 1. The summed E-state index contributed by atoms with van der Waals surface area (Å²) in [4.78, 5) is 0. The number of nitrogens with two attached hydrogens (primary N) is 1. The van der Waals surface area contributed by atoms with E-state index in [9.17, 15) is 0 Å². The van der Waals surface area contributed by atoms with Gasteiger partial charge in [-0.3, -0.25) is 4.68 Å². The van der Waals surface area contributed by atoms with Crippen molar-refractivity contribution in [1.29, 1.82) is 0 Å². The van der Waals surface area contributed by atoms with Gasteiger partial charge in [0, 0.05) is 13.2 Å². The predicted molar refractivity (Wildman–Crippen MR) is 40.3 cm³/mol. The molecule has 1 rings (SSSR count). The summed E-state index contributed by atoms with van der Waals surface area (Å²) in [6.45, 7) is 3.59. The van der Waals surface area contributed by atoms with E-state index >= 15 is 0 Å². The van der Waals surface area contributed by atoms with Crippen molar-refractivity contribution >= 4 is 0 Å². The Morgan fingerprint density at radius 3 is 3.00 bits per heavy atom. The van der Waals surface area contributed by atoms with E-state index < -0.39 is 0 Å². The van der Waals surface area contributed by atoms with Crippen LogP contribution in [-0.4, -0.2) is 9.78 Å². The highest BCUT2D eigenvalue weighted by Gasteiger charge is 2.03. The molecule has 1 heterocycles. The lowest BCUT2D eigenvalue weighted by Gasteiger charge is -2.04. The summed E-state index contributed by atoms with van der Waals surface area (Å²) in [5.74, 6) is 0. The fraction of sp³-hybridized carbons (Fsp3) is 0.286. The fourth-order valence-electron chi connectivity index (χ4n) is 0.832. The van der Waals surface area contributed by atoms with Gasteiger partial charge >= 0.3 is 0 Å². The molecular formula is C7H11N3. The second-order valence-electron chi connectivity index (χ2n) is 2.14. The smallest absolute Gasteiger partial charge is 0.0650 e. The van der Waals surface area contributed by atoms with Gasteiger partial charge in [0.1, 0.15) is 0 Å².